The maximum absolute atomic E-state index is 15.2. The number of halogens is 6. The van der Waals surface area contributed by atoms with Crippen LogP contribution in [0.3, 0.4) is 0 Å². The number of carbonyl (C=O) groups excluding carboxylic acids is 4. The number of hydrogen-bond donors (Lipinski definition) is 1. The fourth-order valence-corrected chi connectivity index (χ4v) is 4.55. The molecule has 3 atom stereocenters. The van der Waals surface area contributed by atoms with Crippen molar-refractivity contribution in [2.75, 3.05) is 13.7 Å². The van der Waals surface area contributed by atoms with Crippen LogP contribution < -0.4 is 10.1 Å². The molecule has 0 aliphatic heterocycles. The normalized spacial score (nSPS) is 14.4. The van der Waals surface area contributed by atoms with E-state index in [1.54, 1.807) is 20.8 Å². The zero-order valence-corrected chi connectivity index (χ0v) is 26.5. The van der Waals surface area contributed by atoms with Crippen LogP contribution in [-0.2, 0) is 29.8 Å². The van der Waals surface area contributed by atoms with Crippen molar-refractivity contribution in [2.24, 2.45) is 17.8 Å². The van der Waals surface area contributed by atoms with Crippen molar-refractivity contribution in [1.29, 1.82) is 0 Å². The van der Waals surface area contributed by atoms with Crippen LogP contribution in [0.5, 0.6) is 5.75 Å². The van der Waals surface area contributed by atoms with Crippen molar-refractivity contribution in [2.45, 2.75) is 71.2 Å². The molecule has 248 valence electrons. The van der Waals surface area contributed by atoms with Gasteiger partial charge in [0.15, 0.2) is 5.78 Å². The lowest BCUT2D eigenvalue weighted by Gasteiger charge is -2.28. The summed E-state index contributed by atoms with van der Waals surface area (Å²) in [6, 6.07) is 8.59. The number of methoxy groups -OCH3 is 1. The first-order valence-electron chi connectivity index (χ1n) is 14.1. The maximum Gasteiger partial charge on any atom is 0.450 e. The Hall–Kier alpha value is -3.38. The third kappa shape index (κ3) is 10.9. The SMILES string of the molecule is COc1ccc([C@H](NC(=O)[C@H](COC(C)(C)C)CC(=O)C(F)(F)c2cccc(Cl)c2)C(=O)C[C@H](C(=O)C(F)(F)F)C(C)C)cc1. The topological polar surface area (TPSA) is 98.8 Å². The van der Waals surface area contributed by atoms with Gasteiger partial charge in [-0.3, -0.25) is 19.2 Å². The summed E-state index contributed by atoms with van der Waals surface area (Å²) < 4.78 is 81.1. The van der Waals surface area contributed by atoms with Crippen LogP contribution in [0.25, 0.3) is 0 Å². The van der Waals surface area contributed by atoms with Crippen molar-refractivity contribution < 1.29 is 50.6 Å². The summed E-state index contributed by atoms with van der Waals surface area (Å²) >= 11 is 5.82. The van der Waals surface area contributed by atoms with Gasteiger partial charge in [-0.1, -0.05) is 49.7 Å². The molecule has 2 rings (SSSR count). The van der Waals surface area contributed by atoms with Gasteiger partial charge in [0, 0.05) is 29.3 Å². The molecule has 1 amide bonds. The summed E-state index contributed by atoms with van der Waals surface area (Å²) in [4.78, 5) is 52.2. The molecule has 2 aromatic carbocycles. The van der Waals surface area contributed by atoms with E-state index in [-0.39, 0.29) is 10.6 Å². The fourth-order valence-electron chi connectivity index (χ4n) is 4.36. The third-order valence-corrected chi connectivity index (χ3v) is 7.19. The summed E-state index contributed by atoms with van der Waals surface area (Å²) in [5.41, 5.74) is -1.41. The quantitative estimate of drug-likeness (QED) is 0.206. The highest BCUT2D eigenvalue weighted by atomic mass is 35.5. The number of ether oxygens (including phenoxy) is 2. The smallest absolute Gasteiger partial charge is 0.450 e. The van der Waals surface area contributed by atoms with Gasteiger partial charge < -0.3 is 14.8 Å². The minimum absolute atomic E-state index is 0.0325. The van der Waals surface area contributed by atoms with E-state index in [2.05, 4.69) is 5.32 Å². The average molecular weight is 662 g/mol. The van der Waals surface area contributed by atoms with Gasteiger partial charge in [0.2, 0.25) is 17.5 Å². The van der Waals surface area contributed by atoms with Crippen LogP contribution in [0, 0.1) is 17.8 Å². The predicted molar refractivity (Wildman–Crippen MR) is 157 cm³/mol. The number of ketones is 3. The predicted octanol–water partition coefficient (Wildman–Crippen LogP) is 7.05. The number of alkyl halides is 5. The summed E-state index contributed by atoms with van der Waals surface area (Å²) in [6.45, 7) is 7.12. The van der Waals surface area contributed by atoms with Gasteiger partial charge >= 0.3 is 12.1 Å². The molecule has 0 spiro atoms. The van der Waals surface area contributed by atoms with E-state index in [0.29, 0.717) is 5.75 Å². The molecule has 2 aromatic rings. The Morgan fingerprint density at radius 1 is 0.911 bits per heavy atom. The molecule has 7 nitrogen and oxygen atoms in total. The monoisotopic (exact) mass is 661 g/mol. The molecule has 0 saturated carbocycles. The molecule has 45 heavy (non-hydrogen) atoms. The van der Waals surface area contributed by atoms with Crippen molar-refractivity contribution in [3.63, 3.8) is 0 Å². The fraction of sp³-hybridized carbons (Fsp3) is 0.500. The molecular weight excluding hydrogens is 625 g/mol. The van der Waals surface area contributed by atoms with E-state index in [0.717, 1.165) is 12.1 Å². The van der Waals surface area contributed by atoms with E-state index < -0.39 is 89.8 Å². The molecule has 0 aliphatic rings. The number of Topliss-reactive ketones (excluding diaryl/α,β-unsaturated/α-hetero) is 3. The Kier molecular flexibility index (Phi) is 12.8. The highest BCUT2D eigenvalue weighted by molar-refractivity contribution is 6.30. The van der Waals surface area contributed by atoms with Crippen LogP contribution in [0.15, 0.2) is 48.5 Å². The lowest BCUT2D eigenvalue weighted by molar-refractivity contribution is -0.177. The number of benzene rings is 2. The largest absolute Gasteiger partial charge is 0.497 e. The first-order valence-corrected chi connectivity index (χ1v) is 14.4. The van der Waals surface area contributed by atoms with Crippen molar-refractivity contribution in [1.82, 2.24) is 5.32 Å². The van der Waals surface area contributed by atoms with Gasteiger partial charge in [-0.15, -0.1) is 0 Å². The van der Waals surface area contributed by atoms with E-state index in [1.807, 2.05) is 0 Å². The lowest BCUT2D eigenvalue weighted by Crippen LogP contribution is -2.43. The highest BCUT2D eigenvalue weighted by Gasteiger charge is 2.46. The van der Waals surface area contributed by atoms with Crippen LogP contribution in [-0.4, -0.2) is 48.8 Å². The second-order valence-corrected chi connectivity index (χ2v) is 12.4. The van der Waals surface area contributed by atoms with Gasteiger partial charge in [-0.05, 0) is 56.5 Å². The van der Waals surface area contributed by atoms with Gasteiger partial charge in [0.05, 0.1) is 25.2 Å². The number of carbonyl (C=O) groups is 4. The van der Waals surface area contributed by atoms with Gasteiger partial charge in [-0.2, -0.15) is 22.0 Å². The third-order valence-electron chi connectivity index (χ3n) is 6.96. The number of nitrogens with one attached hydrogen (secondary N) is 1. The Morgan fingerprint density at radius 2 is 1.51 bits per heavy atom. The number of rotatable bonds is 15. The lowest BCUT2D eigenvalue weighted by atomic mass is 9.84. The summed E-state index contributed by atoms with van der Waals surface area (Å²) in [7, 11) is 1.38. The van der Waals surface area contributed by atoms with E-state index in [1.165, 1.54) is 57.4 Å². The first-order chi connectivity index (χ1) is 20.7. The summed E-state index contributed by atoms with van der Waals surface area (Å²) in [6.07, 6.45) is -7.08. The van der Waals surface area contributed by atoms with Crippen molar-refractivity contribution in [3.8, 4) is 5.75 Å². The van der Waals surface area contributed by atoms with E-state index >= 15 is 8.78 Å². The Morgan fingerprint density at radius 3 is 2.00 bits per heavy atom. The molecule has 0 saturated heterocycles. The van der Waals surface area contributed by atoms with Crippen molar-refractivity contribution in [3.05, 3.63) is 64.7 Å². The minimum atomic E-state index is -5.20. The average Bonchev–Trinajstić information content (AvgIpc) is 2.94. The summed E-state index contributed by atoms with van der Waals surface area (Å²) in [5.74, 6) is -13.5. The zero-order valence-electron chi connectivity index (χ0n) is 25.8. The maximum atomic E-state index is 15.2. The van der Waals surface area contributed by atoms with Crippen LogP contribution in [0.2, 0.25) is 5.02 Å². The van der Waals surface area contributed by atoms with Crippen LogP contribution >= 0.6 is 11.6 Å². The number of hydrogen-bond acceptors (Lipinski definition) is 6. The molecule has 0 fully saturated rings. The molecule has 0 aliphatic carbocycles. The van der Waals surface area contributed by atoms with Gasteiger partial charge in [0.1, 0.15) is 11.8 Å². The second kappa shape index (κ2) is 15.3. The van der Waals surface area contributed by atoms with Crippen LogP contribution in [0.1, 0.15) is 64.6 Å². The van der Waals surface area contributed by atoms with E-state index in [4.69, 9.17) is 21.1 Å². The Balaban J connectivity index is 2.47. The Labute approximate surface area is 263 Å². The molecule has 0 radical (unpaired) electrons. The highest BCUT2D eigenvalue weighted by Crippen LogP contribution is 2.34. The molecule has 13 heteroatoms. The minimum Gasteiger partial charge on any atom is -0.497 e. The molecule has 0 unspecified atom stereocenters. The molecular formula is C32H37ClF5NO6. The molecule has 0 aromatic heterocycles. The second-order valence-electron chi connectivity index (χ2n) is 11.9. The van der Waals surface area contributed by atoms with Gasteiger partial charge in [-0.25, -0.2) is 0 Å². The molecule has 0 heterocycles. The summed E-state index contributed by atoms with van der Waals surface area (Å²) in [5, 5.41) is 2.38. The number of amides is 1. The first kappa shape index (κ1) is 37.8. The molecule has 1 N–H and O–H groups in total. The Bertz CT molecular complexity index is 1360. The van der Waals surface area contributed by atoms with Crippen LogP contribution in [0.4, 0.5) is 22.0 Å². The van der Waals surface area contributed by atoms with Gasteiger partial charge in [0.25, 0.3) is 0 Å². The van der Waals surface area contributed by atoms with E-state index in [9.17, 15) is 32.3 Å². The molecule has 0 bridgehead atoms. The van der Waals surface area contributed by atoms with Crippen molar-refractivity contribution >= 4 is 34.9 Å². The zero-order chi connectivity index (χ0) is 34.3. The standard InChI is InChI=1S/C32H37ClF5NO6/c1-18(2)24(28(42)32(36,37)38)16-25(40)27(19-10-12-23(44-6)13-11-19)39-29(43)20(17-45-30(3,4)5)14-26(41)31(34,35)21-8-7-9-22(33)15-21/h7-13,15,18,20,24,27H,14,16-17H2,1-6H3,(H,39,43)/t20-,24-,27-/m0/s1.